The van der Waals surface area contributed by atoms with E-state index >= 15 is 0 Å². The SMILES string of the molecule is OC1(O)OO1.[Cl][Cu][Cl].[Cu].[Cu]. The predicted molar refractivity (Wildman–Crippen MR) is 21.0 cm³/mol. The number of hydrogen-bond donors (Lipinski definition) is 2. The molecule has 2 N–H and O–H groups in total. The third-order valence-electron chi connectivity index (χ3n) is 0.232. The van der Waals surface area contributed by atoms with Gasteiger partial charge in [0, 0.05) is 34.1 Å². The molecule has 0 spiro atoms. The van der Waals surface area contributed by atoms with E-state index in [2.05, 4.69) is 30.0 Å². The van der Waals surface area contributed by atoms with Gasteiger partial charge in [-0.1, -0.05) is 0 Å². The van der Waals surface area contributed by atoms with Crippen LogP contribution in [0.2, 0.25) is 0 Å². The average Bonchev–Trinajstić information content (AvgIpc) is 2.22. The molecular weight excluding hydrogens is 338 g/mol. The molecule has 1 saturated heterocycles. The molecule has 4 nitrogen and oxygen atoms in total. The normalized spacial score (nSPS) is 17.2. The summed E-state index contributed by atoms with van der Waals surface area (Å²) in [6.07, 6.45) is -2.25. The molecule has 0 amide bonds. The van der Waals surface area contributed by atoms with E-state index in [9.17, 15) is 0 Å². The summed E-state index contributed by atoms with van der Waals surface area (Å²) < 4.78 is 0. The fraction of sp³-hybridized carbons (Fsp3) is 1.00. The van der Waals surface area contributed by atoms with Crippen molar-refractivity contribution in [2.45, 2.75) is 6.16 Å². The Labute approximate surface area is 93.0 Å². The topological polar surface area (TPSA) is 65.5 Å². The van der Waals surface area contributed by atoms with Crippen LogP contribution in [-0.2, 0) is 57.0 Å². The molecule has 9 heteroatoms. The minimum absolute atomic E-state index is 0. The monoisotopic (exact) mass is 337 g/mol. The largest absolute Gasteiger partial charge is 0 e. The zero-order valence-electron chi connectivity index (χ0n) is 3.87. The van der Waals surface area contributed by atoms with Gasteiger partial charge in [-0.05, 0) is 0 Å². The summed E-state index contributed by atoms with van der Waals surface area (Å²) in [5.74, 6) is 0. The van der Waals surface area contributed by atoms with Gasteiger partial charge in [0.05, 0.1) is 0 Å². The second-order valence-electron chi connectivity index (χ2n) is 0.758. The number of rotatable bonds is 0. The maximum atomic E-state index is 7.74. The second kappa shape index (κ2) is 9.07. The van der Waals surface area contributed by atoms with Gasteiger partial charge in [-0.2, -0.15) is 0 Å². The van der Waals surface area contributed by atoms with Gasteiger partial charge >= 0.3 is 39.5 Å². The Balaban J connectivity index is -0.0000000900. The van der Waals surface area contributed by atoms with E-state index in [-0.39, 0.29) is 34.1 Å². The summed E-state index contributed by atoms with van der Waals surface area (Å²) in [5.41, 5.74) is 0. The third-order valence-corrected chi connectivity index (χ3v) is 0.232. The van der Waals surface area contributed by atoms with Gasteiger partial charge in [-0.3, -0.25) is 0 Å². The molecule has 0 aromatic heterocycles. The molecule has 10 heavy (non-hydrogen) atoms. The first kappa shape index (κ1) is 17.9. The molecule has 1 rings (SSSR count). The number of halogens is 2. The van der Waals surface area contributed by atoms with Crippen LogP contribution in [0.1, 0.15) is 0 Å². The molecule has 77 valence electrons. The van der Waals surface area contributed by atoms with Crippen LogP contribution < -0.4 is 0 Å². The quantitative estimate of drug-likeness (QED) is 0.280. The average molecular weight is 340 g/mol. The minimum atomic E-state index is -2.25. The Hall–Kier alpha value is 1.98. The van der Waals surface area contributed by atoms with Gasteiger partial charge < -0.3 is 10.2 Å². The van der Waals surface area contributed by atoms with E-state index in [0.717, 1.165) is 13.1 Å². The first-order valence-electron chi connectivity index (χ1n) is 1.25. The Morgan fingerprint density at radius 2 is 1.20 bits per heavy atom. The van der Waals surface area contributed by atoms with Crippen LogP contribution >= 0.6 is 20.2 Å². The maximum Gasteiger partial charge on any atom is 0 e. The van der Waals surface area contributed by atoms with Crippen LogP contribution in [0.15, 0.2) is 0 Å². The van der Waals surface area contributed by atoms with Crippen LogP contribution in [0.25, 0.3) is 0 Å². The van der Waals surface area contributed by atoms with Crippen molar-refractivity contribution in [3.63, 3.8) is 0 Å². The van der Waals surface area contributed by atoms with Crippen LogP contribution in [-0.4, -0.2) is 16.4 Å². The van der Waals surface area contributed by atoms with Crippen molar-refractivity contribution in [1.29, 1.82) is 0 Å². The van der Waals surface area contributed by atoms with Crippen LogP contribution in [0.4, 0.5) is 0 Å². The van der Waals surface area contributed by atoms with Crippen molar-refractivity contribution < 1.29 is 67.3 Å². The molecule has 0 bridgehead atoms. The van der Waals surface area contributed by atoms with E-state index in [1.165, 1.54) is 0 Å². The molecule has 0 aromatic carbocycles. The van der Waals surface area contributed by atoms with E-state index in [0.29, 0.717) is 0 Å². The second-order valence-corrected chi connectivity index (χ2v) is 2.31. The molecule has 2 radical (unpaired) electrons. The minimum Gasteiger partial charge on any atom is 0 e. The fourth-order valence-electron chi connectivity index (χ4n) is 0.0373. The smallest absolute Gasteiger partial charge is 0 e. The molecule has 0 aromatic rings. The van der Waals surface area contributed by atoms with Crippen molar-refractivity contribution in [3.05, 3.63) is 0 Å². The van der Waals surface area contributed by atoms with Crippen molar-refractivity contribution in [3.8, 4) is 0 Å². The Bertz CT molecular complexity index is 65.5. The summed E-state index contributed by atoms with van der Waals surface area (Å²) in [5, 5.41) is 15.5. The first-order chi connectivity index (χ1) is 3.62. The van der Waals surface area contributed by atoms with E-state index in [1.54, 1.807) is 0 Å². The summed E-state index contributed by atoms with van der Waals surface area (Å²) in [6, 6.07) is 0. The van der Waals surface area contributed by atoms with Gasteiger partial charge in [-0.15, -0.1) is 9.78 Å². The van der Waals surface area contributed by atoms with Gasteiger partial charge in [0.1, 0.15) is 0 Å². The van der Waals surface area contributed by atoms with Crippen LogP contribution in [0.5, 0.6) is 0 Å². The van der Waals surface area contributed by atoms with Crippen molar-refractivity contribution in [2.24, 2.45) is 0 Å². The Kier molecular flexibility index (Phi) is 16.2. The van der Waals surface area contributed by atoms with Gasteiger partial charge in [0.2, 0.25) is 0 Å². The molecule has 0 unspecified atom stereocenters. The fourth-order valence-corrected chi connectivity index (χ4v) is 0.0373. The molecule has 1 fully saturated rings. The predicted octanol–water partition coefficient (Wildman–Crippen LogP) is -0.0844. The molecule has 0 atom stereocenters. The van der Waals surface area contributed by atoms with Crippen molar-refractivity contribution in [2.75, 3.05) is 0 Å². The van der Waals surface area contributed by atoms with Crippen LogP contribution in [0.3, 0.4) is 0 Å². The molecule has 1 aliphatic rings. The van der Waals surface area contributed by atoms with E-state index in [4.69, 9.17) is 10.2 Å². The standard InChI is InChI=1S/CH2O4.2ClH.3Cu/c2-1(3)4-5-1;;;;;/h2-3H;2*1H;;;/q;;;;;+2/p-2. The maximum absolute atomic E-state index is 7.74. The molecule has 0 aliphatic carbocycles. The van der Waals surface area contributed by atoms with Gasteiger partial charge in [0.15, 0.2) is 0 Å². The zero-order valence-corrected chi connectivity index (χ0v) is 8.21. The summed E-state index contributed by atoms with van der Waals surface area (Å²) in [7, 11) is 9.34. The first-order valence-corrected chi connectivity index (χ1v) is 3.84. The van der Waals surface area contributed by atoms with E-state index in [1.807, 2.05) is 0 Å². The Morgan fingerprint density at radius 1 is 1.10 bits per heavy atom. The van der Waals surface area contributed by atoms with E-state index < -0.39 is 6.16 Å². The van der Waals surface area contributed by atoms with Crippen molar-refractivity contribution >= 4 is 20.2 Å². The molecule has 1 aliphatic heterocycles. The zero-order chi connectivity index (χ0) is 6.62. The van der Waals surface area contributed by atoms with Crippen molar-refractivity contribution in [1.82, 2.24) is 0 Å². The summed E-state index contributed by atoms with van der Waals surface area (Å²) >= 11 is 0.757. The number of hydrogen-bond acceptors (Lipinski definition) is 4. The molecule has 0 saturated carbocycles. The third kappa shape index (κ3) is 16.5. The Morgan fingerprint density at radius 3 is 1.20 bits per heavy atom. The van der Waals surface area contributed by atoms with Gasteiger partial charge in [-0.25, -0.2) is 0 Å². The molecule has 1 heterocycles. The summed E-state index contributed by atoms with van der Waals surface area (Å²) in [4.78, 5) is 7.01. The van der Waals surface area contributed by atoms with Crippen LogP contribution in [0, 0.1) is 0 Å². The summed E-state index contributed by atoms with van der Waals surface area (Å²) in [6.45, 7) is 0. The number of aliphatic hydroxyl groups is 2. The van der Waals surface area contributed by atoms with Gasteiger partial charge in [0.25, 0.3) is 0 Å². The molecular formula is CH2Cl2Cu3O4.